The van der Waals surface area contributed by atoms with E-state index in [-0.39, 0.29) is 0 Å². The zero-order chi connectivity index (χ0) is 17.5. The largest absolute Gasteiger partial charge is 0.455 e. The number of fused-ring (bicyclic) bond motifs is 3. The number of hydrogen-bond acceptors (Lipinski definition) is 1. The molecular formula is C24H15BrO. The standard InChI is InChI=1S/C24H15BrO/c25-18-12-10-17(11-13-18)20-15-14-19(16-6-2-1-3-7-16)23-21-8-4-5-9-22(21)26-24(20)23/h1-15H. The Bertz CT molecular complexity index is 1220. The molecule has 5 rings (SSSR count). The van der Waals surface area contributed by atoms with Gasteiger partial charge in [-0.25, -0.2) is 0 Å². The first kappa shape index (κ1) is 15.4. The van der Waals surface area contributed by atoms with Gasteiger partial charge in [0.05, 0.1) is 0 Å². The van der Waals surface area contributed by atoms with Gasteiger partial charge in [0, 0.05) is 20.8 Å². The van der Waals surface area contributed by atoms with Crippen LogP contribution in [0.4, 0.5) is 0 Å². The SMILES string of the molecule is Brc1ccc(-c2ccc(-c3ccccc3)c3c2oc2ccccc23)cc1. The number of halogens is 1. The molecule has 0 radical (unpaired) electrons. The lowest BCUT2D eigenvalue weighted by atomic mass is 9.95. The second kappa shape index (κ2) is 6.15. The maximum absolute atomic E-state index is 6.32. The average molecular weight is 399 g/mol. The van der Waals surface area contributed by atoms with Crippen molar-refractivity contribution in [1.82, 2.24) is 0 Å². The van der Waals surface area contributed by atoms with Gasteiger partial charge in [0.2, 0.25) is 0 Å². The highest BCUT2D eigenvalue weighted by atomic mass is 79.9. The summed E-state index contributed by atoms with van der Waals surface area (Å²) in [7, 11) is 0. The van der Waals surface area contributed by atoms with E-state index in [0.29, 0.717) is 0 Å². The molecule has 1 aromatic heterocycles. The first-order valence-corrected chi connectivity index (χ1v) is 9.36. The van der Waals surface area contributed by atoms with Crippen LogP contribution >= 0.6 is 15.9 Å². The molecular weight excluding hydrogens is 384 g/mol. The van der Waals surface area contributed by atoms with Crippen molar-refractivity contribution in [2.75, 3.05) is 0 Å². The van der Waals surface area contributed by atoms with E-state index in [1.807, 2.05) is 18.2 Å². The normalized spacial score (nSPS) is 11.3. The van der Waals surface area contributed by atoms with Crippen LogP contribution in [0.25, 0.3) is 44.2 Å². The quantitative estimate of drug-likeness (QED) is 0.297. The highest BCUT2D eigenvalue weighted by Gasteiger charge is 2.16. The van der Waals surface area contributed by atoms with Crippen LogP contribution in [0.5, 0.6) is 0 Å². The molecule has 0 aliphatic rings. The number of rotatable bonds is 2. The van der Waals surface area contributed by atoms with Crippen LogP contribution in [0, 0.1) is 0 Å². The van der Waals surface area contributed by atoms with E-state index in [1.165, 1.54) is 16.5 Å². The van der Waals surface area contributed by atoms with Gasteiger partial charge in [-0.15, -0.1) is 0 Å². The van der Waals surface area contributed by atoms with Crippen molar-refractivity contribution in [3.8, 4) is 22.3 Å². The monoisotopic (exact) mass is 398 g/mol. The fraction of sp³-hybridized carbons (Fsp3) is 0. The van der Waals surface area contributed by atoms with Crippen molar-refractivity contribution < 1.29 is 4.42 Å². The van der Waals surface area contributed by atoms with Crippen LogP contribution in [0.3, 0.4) is 0 Å². The smallest absolute Gasteiger partial charge is 0.143 e. The van der Waals surface area contributed by atoms with Gasteiger partial charge >= 0.3 is 0 Å². The molecule has 0 bridgehead atoms. The van der Waals surface area contributed by atoms with E-state index in [4.69, 9.17) is 4.42 Å². The zero-order valence-electron chi connectivity index (χ0n) is 13.9. The van der Waals surface area contributed by atoms with Gasteiger partial charge in [-0.2, -0.15) is 0 Å². The summed E-state index contributed by atoms with van der Waals surface area (Å²) in [6, 6.07) is 31.5. The Morgan fingerprint density at radius 3 is 2.04 bits per heavy atom. The lowest BCUT2D eigenvalue weighted by Crippen LogP contribution is -1.83. The minimum Gasteiger partial charge on any atom is -0.455 e. The van der Waals surface area contributed by atoms with E-state index in [2.05, 4.69) is 88.7 Å². The molecule has 0 saturated carbocycles. The van der Waals surface area contributed by atoms with Gasteiger partial charge < -0.3 is 4.42 Å². The fourth-order valence-electron chi connectivity index (χ4n) is 3.54. The Hall–Kier alpha value is -2.84. The van der Waals surface area contributed by atoms with Gasteiger partial charge in [0.25, 0.3) is 0 Å². The summed E-state index contributed by atoms with van der Waals surface area (Å²) in [5.41, 5.74) is 6.53. The fourth-order valence-corrected chi connectivity index (χ4v) is 3.81. The molecule has 4 aromatic carbocycles. The van der Waals surface area contributed by atoms with Gasteiger partial charge in [0.15, 0.2) is 0 Å². The van der Waals surface area contributed by atoms with Crippen LogP contribution in [0.2, 0.25) is 0 Å². The molecule has 0 saturated heterocycles. The van der Waals surface area contributed by atoms with E-state index in [0.717, 1.165) is 32.2 Å². The highest BCUT2D eigenvalue weighted by molar-refractivity contribution is 9.10. The van der Waals surface area contributed by atoms with Crippen LogP contribution in [-0.2, 0) is 0 Å². The third-order valence-electron chi connectivity index (χ3n) is 4.77. The topological polar surface area (TPSA) is 13.1 Å². The predicted molar refractivity (Wildman–Crippen MR) is 112 cm³/mol. The molecule has 0 amide bonds. The first-order chi connectivity index (χ1) is 12.8. The van der Waals surface area contributed by atoms with Gasteiger partial charge in [-0.3, -0.25) is 0 Å². The molecule has 124 valence electrons. The molecule has 0 fully saturated rings. The lowest BCUT2D eigenvalue weighted by molar-refractivity contribution is 0.670. The number of hydrogen-bond donors (Lipinski definition) is 0. The van der Waals surface area contributed by atoms with Gasteiger partial charge in [-0.1, -0.05) is 82.7 Å². The molecule has 1 nitrogen and oxygen atoms in total. The van der Waals surface area contributed by atoms with Crippen molar-refractivity contribution >= 4 is 37.9 Å². The molecule has 2 heteroatoms. The Kier molecular flexibility index (Phi) is 3.65. The molecule has 0 atom stereocenters. The second-order valence-corrected chi connectivity index (χ2v) is 7.25. The highest BCUT2D eigenvalue weighted by Crippen LogP contribution is 2.41. The Morgan fingerprint density at radius 2 is 1.23 bits per heavy atom. The molecule has 0 spiro atoms. The summed E-state index contributed by atoms with van der Waals surface area (Å²) >= 11 is 3.51. The molecule has 5 aromatic rings. The van der Waals surface area contributed by atoms with E-state index < -0.39 is 0 Å². The third kappa shape index (κ3) is 2.46. The van der Waals surface area contributed by atoms with Crippen molar-refractivity contribution in [3.05, 3.63) is 95.5 Å². The Labute approximate surface area is 160 Å². The lowest BCUT2D eigenvalue weighted by Gasteiger charge is -2.08. The molecule has 0 unspecified atom stereocenters. The van der Waals surface area contributed by atoms with Gasteiger partial charge in [-0.05, 0) is 41.0 Å². The van der Waals surface area contributed by atoms with Crippen molar-refractivity contribution in [2.45, 2.75) is 0 Å². The molecule has 0 N–H and O–H groups in total. The maximum Gasteiger partial charge on any atom is 0.143 e. The first-order valence-electron chi connectivity index (χ1n) is 8.57. The van der Waals surface area contributed by atoms with E-state index >= 15 is 0 Å². The zero-order valence-corrected chi connectivity index (χ0v) is 15.5. The summed E-state index contributed by atoms with van der Waals surface area (Å²) in [4.78, 5) is 0. The predicted octanol–water partition coefficient (Wildman–Crippen LogP) is 7.68. The maximum atomic E-state index is 6.32. The van der Waals surface area contributed by atoms with Crippen LogP contribution in [0.1, 0.15) is 0 Å². The third-order valence-corrected chi connectivity index (χ3v) is 5.29. The molecule has 26 heavy (non-hydrogen) atoms. The van der Waals surface area contributed by atoms with Crippen molar-refractivity contribution in [1.29, 1.82) is 0 Å². The van der Waals surface area contributed by atoms with Crippen LogP contribution in [0.15, 0.2) is 99.9 Å². The Balaban J connectivity index is 1.89. The van der Waals surface area contributed by atoms with E-state index in [1.54, 1.807) is 0 Å². The number of furan rings is 1. The van der Waals surface area contributed by atoms with Crippen molar-refractivity contribution in [2.24, 2.45) is 0 Å². The Morgan fingerprint density at radius 1 is 0.577 bits per heavy atom. The number of benzene rings is 4. The summed E-state index contributed by atoms with van der Waals surface area (Å²) in [5.74, 6) is 0. The average Bonchev–Trinajstić information content (AvgIpc) is 3.08. The van der Waals surface area contributed by atoms with Crippen LogP contribution in [-0.4, -0.2) is 0 Å². The van der Waals surface area contributed by atoms with Crippen molar-refractivity contribution in [3.63, 3.8) is 0 Å². The second-order valence-electron chi connectivity index (χ2n) is 6.34. The molecule has 0 aliphatic carbocycles. The van der Waals surface area contributed by atoms with Gasteiger partial charge in [0.1, 0.15) is 11.2 Å². The molecule has 0 aliphatic heterocycles. The van der Waals surface area contributed by atoms with Crippen LogP contribution < -0.4 is 0 Å². The van der Waals surface area contributed by atoms with E-state index in [9.17, 15) is 0 Å². The summed E-state index contributed by atoms with van der Waals surface area (Å²) in [5, 5.41) is 2.33. The number of para-hydroxylation sites is 1. The minimum absolute atomic E-state index is 0.921. The summed E-state index contributed by atoms with van der Waals surface area (Å²) < 4.78 is 7.39. The summed E-state index contributed by atoms with van der Waals surface area (Å²) in [6.45, 7) is 0. The minimum atomic E-state index is 0.921. The summed E-state index contributed by atoms with van der Waals surface area (Å²) in [6.07, 6.45) is 0. The molecule has 1 heterocycles.